The molecule has 5 nitrogen and oxygen atoms in total. The second-order valence-corrected chi connectivity index (χ2v) is 5.50. The molecule has 0 amide bonds. The zero-order valence-corrected chi connectivity index (χ0v) is 11.9. The molecule has 2 aromatic heterocycles. The molecule has 1 fully saturated rings. The molecular weight excluding hydrogens is 250 g/mol. The van der Waals surface area contributed by atoms with E-state index in [9.17, 15) is 0 Å². The number of likely N-dealkylation sites (tertiary alicyclic amines) is 1. The summed E-state index contributed by atoms with van der Waals surface area (Å²) in [5.74, 6) is 0. The average Bonchev–Trinajstić information content (AvgIpc) is 2.96. The van der Waals surface area contributed by atoms with Crippen LogP contribution in [-0.4, -0.2) is 37.2 Å². The van der Waals surface area contributed by atoms with E-state index in [2.05, 4.69) is 20.0 Å². The van der Waals surface area contributed by atoms with Crippen LogP contribution in [0.2, 0.25) is 0 Å². The lowest BCUT2D eigenvalue weighted by atomic mass is 10.0. The molecule has 1 aliphatic rings. The van der Waals surface area contributed by atoms with Crippen LogP contribution >= 0.6 is 0 Å². The van der Waals surface area contributed by atoms with Crippen molar-refractivity contribution in [3.63, 3.8) is 0 Å². The van der Waals surface area contributed by atoms with E-state index in [1.54, 1.807) is 0 Å². The zero-order chi connectivity index (χ0) is 13.8. The Hall–Kier alpha value is -1.75. The summed E-state index contributed by atoms with van der Waals surface area (Å²) in [6.07, 6.45) is 11.4. The van der Waals surface area contributed by atoms with Crippen LogP contribution in [0.25, 0.3) is 0 Å². The first-order chi connectivity index (χ1) is 9.81. The number of nitrogens with zero attached hydrogens (tertiary/aromatic N) is 5. The molecule has 0 saturated carbocycles. The van der Waals surface area contributed by atoms with Crippen molar-refractivity contribution in [2.45, 2.75) is 45.3 Å². The fourth-order valence-electron chi connectivity index (χ4n) is 2.81. The van der Waals surface area contributed by atoms with Gasteiger partial charge >= 0.3 is 0 Å². The molecule has 3 rings (SSSR count). The first-order valence-electron chi connectivity index (χ1n) is 7.30. The molecule has 0 N–H and O–H groups in total. The summed E-state index contributed by atoms with van der Waals surface area (Å²) in [5.41, 5.74) is 2.03. The summed E-state index contributed by atoms with van der Waals surface area (Å²) >= 11 is 0. The quantitative estimate of drug-likeness (QED) is 0.853. The maximum absolute atomic E-state index is 4.48. The van der Waals surface area contributed by atoms with Crippen LogP contribution in [0.4, 0.5) is 0 Å². The normalized spacial score (nSPS) is 20.1. The second-order valence-electron chi connectivity index (χ2n) is 5.50. The number of hydrogen-bond acceptors (Lipinski definition) is 4. The summed E-state index contributed by atoms with van der Waals surface area (Å²) in [6.45, 7) is 4.96. The molecule has 0 radical (unpaired) electrons. The Morgan fingerprint density at radius 1 is 1.25 bits per heavy atom. The number of aryl methyl sites for hydroxylation is 1. The molecule has 2 aromatic rings. The van der Waals surface area contributed by atoms with Gasteiger partial charge in [0, 0.05) is 37.4 Å². The van der Waals surface area contributed by atoms with Gasteiger partial charge in [0.1, 0.15) is 0 Å². The predicted molar refractivity (Wildman–Crippen MR) is 77.0 cm³/mol. The standard InChI is InChI=1S/C15H21N5/c1-13-9-17-14(10-16-13)11-19-7-3-2-5-15(19)12-20-8-4-6-18-20/h4,6,8-10,15H,2-3,5,7,11-12H2,1H3/t15-/m0/s1. The van der Waals surface area contributed by atoms with Crippen molar-refractivity contribution in [3.05, 3.63) is 42.2 Å². The minimum Gasteiger partial charge on any atom is -0.293 e. The summed E-state index contributed by atoms with van der Waals surface area (Å²) in [4.78, 5) is 11.3. The van der Waals surface area contributed by atoms with E-state index >= 15 is 0 Å². The first kappa shape index (κ1) is 13.2. The largest absolute Gasteiger partial charge is 0.293 e. The maximum atomic E-state index is 4.48. The van der Waals surface area contributed by atoms with E-state index in [4.69, 9.17) is 0 Å². The van der Waals surface area contributed by atoms with Crippen molar-refractivity contribution in [3.8, 4) is 0 Å². The van der Waals surface area contributed by atoms with Crippen molar-refractivity contribution < 1.29 is 0 Å². The smallest absolute Gasteiger partial charge is 0.0727 e. The van der Waals surface area contributed by atoms with Gasteiger partial charge in [-0.05, 0) is 32.4 Å². The van der Waals surface area contributed by atoms with Gasteiger partial charge in [-0.2, -0.15) is 5.10 Å². The van der Waals surface area contributed by atoms with Gasteiger partial charge in [-0.3, -0.25) is 19.5 Å². The van der Waals surface area contributed by atoms with E-state index in [1.807, 2.05) is 42.5 Å². The minimum absolute atomic E-state index is 0.548. The Kier molecular flexibility index (Phi) is 4.06. The third-order valence-corrected chi connectivity index (χ3v) is 3.91. The molecule has 3 heterocycles. The highest BCUT2D eigenvalue weighted by atomic mass is 15.3. The lowest BCUT2D eigenvalue weighted by Crippen LogP contribution is -2.41. The van der Waals surface area contributed by atoms with Crippen molar-refractivity contribution >= 4 is 0 Å². The molecule has 0 aromatic carbocycles. The number of hydrogen-bond donors (Lipinski definition) is 0. The van der Waals surface area contributed by atoms with Crippen molar-refractivity contribution in [2.75, 3.05) is 6.54 Å². The van der Waals surface area contributed by atoms with Crippen LogP contribution in [-0.2, 0) is 13.1 Å². The molecule has 5 heteroatoms. The molecule has 0 spiro atoms. The monoisotopic (exact) mass is 271 g/mol. The Bertz CT molecular complexity index is 520. The predicted octanol–water partition coefficient (Wildman–Crippen LogP) is 2.04. The van der Waals surface area contributed by atoms with Gasteiger partial charge in [0.15, 0.2) is 0 Å². The van der Waals surface area contributed by atoms with E-state index in [0.717, 1.165) is 31.0 Å². The van der Waals surface area contributed by atoms with Gasteiger partial charge in [-0.1, -0.05) is 6.42 Å². The van der Waals surface area contributed by atoms with Crippen LogP contribution in [0.5, 0.6) is 0 Å². The fourth-order valence-corrected chi connectivity index (χ4v) is 2.81. The molecule has 0 unspecified atom stereocenters. The summed E-state index contributed by atoms with van der Waals surface area (Å²) in [5, 5.41) is 4.33. The highest BCUT2D eigenvalue weighted by Crippen LogP contribution is 2.20. The zero-order valence-electron chi connectivity index (χ0n) is 11.9. The van der Waals surface area contributed by atoms with E-state index < -0.39 is 0 Å². The molecule has 0 aliphatic carbocycles. The molecule has 0 bridgehead atoms. The second kappa shape index (κ2) is 6.13. The van der Waals surface area contributed by atoms with Crippen molar-refractivity contribution in [1.29, 1.82) is 0 Å². The van der Waals surface area contributed by atoms with Crippen LogP contribution < -0.4 is 0 Å². The van der Waals surface area contributed by atoms with Crippen LogP contribution in [0.1, 0.15) is 30.7 Å². The Morgan fingerprint density at radius 2 is 2.20 bits per heavy atom. The molecule has 1 aliphatic heterocycles. The van der Waals surface area contributed by atoms with Gasteiger partial charge in [-0.25, -0.2) is 0 Å². The van der Waals surface area contributed by atoms with E-state index in [0.29, 0.717) is 6.04 Å². The molecule has 1 saturated heterocycles. The van der Waals surface area contributed by atoms with E-state index in [-0.39, 0.29) is 0 Å². The third kappa shape index (κ3) is 3.22. The Labute approximate surface area is 119 Å². The summed E-state index contributed by atoms with van der Waals surface area (Å²) in [7, 11) is 0. The van der Waals surface area contributed by atoms with Gasteiger partial charge in [0.2, 0.25) is 0 Å². The van der Waals surface area contributed by atoms with Crippen molar-refractivity contribution in [1.82, 2.24) is 24.6 Å². The van der Waals surface area contributed by atoms with Gasteiger partial charge < -0.3 is 0 Å². The molecule has 106 valence electrons. The SMILES string of the molecule is Cc1cnc(CN2CCCC[C@H]2Cn2cccn2)cn1. The number of rotatable bonds is 4. The number of piperidine rings is 1. The molecule has 1 atom stereocenters. The highest BCUT2D eigenvalue weighted by Gasteiger charge is 2.23. The summed E-state index contributed by atoms with van der Waals surface area (Å²) in [6, 6.07) is 2.53. The maximum Gasteiger partial charge on any atom is 0.0727 e. The Morgan fingerprint density at radius 3 is 2.95 bits per heavy atom. The van der Waals surface area contributed by atoms with Gasteiger partial charge in [-0.15, -0.1) is 0 Å². The van der Waals surface area contributed by atoms with Gasteiger partial charge in [0.05, 0.1) is 17.9 Å². The third-order valence-electron chi connectivity index (χ3n) is 3.91. The first-order valence-corrected chi connectivity index (χ1v) is 7.30. The van der Waals surface area contributed by atoms with Gasteiger partial charge in [0.25, 0.3) is 0 Å². The van der Waals surface area contributed by atoms with Crippen LogP contribution in [0, 0.1) is 6.92 Å². The molecule has 20 heavy (non-hydrogen) atoms. The highest BCUT2D eigenvalue weighted by molar-refractivity contribution is 5.01. The topological polar surface area (TPSA) is 46.8 Å². The average molecular weight is 271 g/mol. The molecular formula is C15H21N5. The van der Waals surface area contributed by atoms with Crippen LogP contribution in [0.15, 0.2) is 30.9 Å². The van der Waals surface area contributed by atoms with E-state index in [1.165, 1.54) is 19.3 Å². The van der Waals surface area contributed by atoms with Crippen LogP contribution in [0.3, 0.4) is 0 Å². The number of aromatic nitrogens is 4. The van der Waals surface area contributed by atoms with Crippen molar-refractivity contribution in [2.24, 2.45) is 0 Å². The summed E-state index contributed by atoms with van der Waals surface area (Å²) < 4.78 is 2.03. The lowest BCUT2D eigenvalue weighted by Gasteiger charge is -2.35. The fraction of sp³-hybridized carbons (Fsp3) is 0.533. The lowest BCUT2D eigenvalue weighted by molar-refractivity contribution is 0.120. The minimum atomic E-state index is 0.548. The Balaban J connectivity index is 1.67.